The van der Waals surface area contributed by atoms with Crippen LogP contribution in [-0.2, 0) is 0 Å². The van der Waals surface area contributed by atoms with Crippen molar-refractivity contribution >= 4 is 21.7 Å². The summed E-state index contributed by atoms with van der Waals surface area (Å²) >= 11 is 3.27. The minimum absolute atomic E-state index is 0.124. The number of halogens is 1. The number of aryl methyl sites for hydroxylation is 1. The van der Waals surface area contributed by atoms with E-state index in [4.69, 9.17) is 4.74 Å². The number of carbonyl (C=O) groups is 1. The summed E-state index contributed by atoms with van der Waals surface area (Å²) < 4.78 is 5.50. The number of Topliss-reactive ketones (excluding diaryl/α,β-unsaturated/α-hetero) is 1. The van der Waals surface area contributed by atoms with Crippen molar-refractivity contribution in [3.05, 3.63) is 29.3 Å². The summed E-state index contributed by atoms with van der Waals surface area (Å²) in [7, 11) is 0. The predicted molar refractivity (Wildman–Crippen MR) is 65.1 cm³/mol. The number of ketones is 1. The average molecular weight is 271 g/mol. The predicted octanol–water partition coefficient (Wildman–Crippen LogP) is 3.36. The molecule has 0 aromatic heterocycles. The highest BCUT2D eigenvalue weighted by atomic mass is 79.9. The number of carbonyl (C=O) groups excluding carboxylic acids is 1. The molecule has 0 saturated heterocycles. The van der Waals surface area contributed by atoms with E-state index in [9.17, 15) is 4.79 Å². The van der Waals surface area contributed by atoms with Crippen LogP contribution in [0, 0.1) is 6.92 Å². The summed E-state index contributed by atoms with van der Waals surface area (Å²) in [5.74, 6) is 0.852. The minimum atomic E-state index is 0.124. The van der Waals surface area contributed by atoms with E-state index in [-0.39, 0.29) is 5.78 Å². The van der Waals surface area contributed by atoms with Gasteiger partial charge in [0.05, 0.1) is 12.2 Å². The average Bonchev–Trinajstić information content (AvgIpc) is 2.21. The molecular formula is C12H15BrO2. The van der Waals surface area contributed by atoms with Gasteiger partial charge in [0, 0.05) is 11.8 Å². The molecule has 0 spiro atoms. The van der Waals surface area contributed by atoms with Gasteiger partial charge in [-0.25, -0.2) is 0 Å². The number of rotatable bonds is 5. The van der Waals surface area contributed by atoms with Crippen LogP contribution in [0.1, 0.15) is 29.3 Å². The number of benzene rings is 1. The second-order valence-electron chi connectivity index (χ2n) is 3.25. The molecule has 0 unspecified atom stereocenters. The second kappa shape index (κ2) is 5.91. The molecule has 0 saturated carbocycles. The van der Waals surface area contributed by atoms with E-state index < -0.39 is 0 Å². The van der Waals surface area contributed by atoms with Crippen LogP contribution in [0.2, 0.25) is 0 Å². The van der Waals surface area contributed by atoms with Gasteiger partial charge in [0.15, 0.2) is 5.78 Å². The fraction of sp³-hybridized carbons (Fsp3) is 0.417. The van der Waals surface area contributed by atoms with Gasteiger partial charge in [-0.15, -0.1) is 0 Å². The molecule has 0 radical (unpaired) electrons. The Balaban J connectivity index is 3.04. The van der Waals surface area contributed by atoms with E-state index in [1.165, 1.54) is 0 Å². The summed E-state index contributed by atoms with van der Waals surface area (Å²) in [5.41, 5.74) is 1.70. The maximum atomic E-state index is 11.8. The van der Waals surface area contributed by atoms with Gasteiger partial charge in [0.2, 0.25) is 0 Å². The standard InChI is InChI=1S/C12H15BrO2/c1-3-15-12-9(2)5-4-6-10(12)11(14)7-8-13/h4-6H,3,7-8H2,1-2H3. The van der Waals surface area contributed by atoms with Crippen LogP contribution < -0.4 is 4.74 Å². The van der Waals surface area contributed by atoms with Crippen molar-refractivity contribution in [3.8, 4) is 5.75 Å². The molecule has 0 atom stereocenters. The van der Waals surface area contributed by atoms with Gasteiger partial charge in [0.1, 0.15) is 5.75 Å². The third-order valence-corrected chi connectivity index (χ3v) is 2.52. The Labute approximate surface area is 98.8 Å². The quantitative estimate of drug-likeness (QED) is 0.606. The van der Waals surface area contributed by atoms with E-state index >= 15 is 0 Å². The molecule has 82 valence electrons. The van der Waals surface area contributed by atoms with Crippen LogP contribution in [0.15, 0.2) is 18.2 Å². The monoisotopic (exact) mass is 270 g/mol. The normalized spacial score (nSPS) is 10.1. The van der Waals surface area contributed by atoms with E-state index in [0.717, 1.165) is 11.3 Å². The van der Waals surface area contributed by atoms with Crippen molar-refractivity contribution in [2.75, 3.05) is 11.9 Å². The van der Waals surface area contributed by atoms with Gasteiger partial charge in [0.25, 0.3) is 0 Å². The van der Waals surface area contributed by atoms with Crippen molar-refractivity contribution in [2.45, 2.75) is 20.3 Å². The van der Waals surface area contributed by atoms with Crippen LogP contribution in [0.25, 0.3) is 0 Å². The van der Waals surface area contributed by atoms with Crippen LogP contribution in [0.4, 0.5) is 0 Å². The zero-order valence-corrected chi connectivity index (χ0v) is 10.6. The maximum Gasteiger partial charge on any atom is 0.167 e. The maximum absolute atomic E-state index is 11.8. The Kier molecular flexibility index (Phi) is 4.82. The van der Waals surface area contributed by atoms with Crippen molar-refractivity contribution in [2.24, 2.45) is 0 Å². The van der Waals surface area contributed by atoms with E-state index in [1.54, 1.807) is 0 Å². The van der Waals surface area contributed by atoms with Crippen molar-refractivity contribution in [3.63, 3.8) is 0 Å². The van der Waals surface area contributed by atoms with E-state index in [0.29, 0.717) is 23.9 Å². The Morgan fingerprint density at radius 1 is 1.47 bits per heavy atom. The lowest BCUT2D eigenvalue weighted by molar-refractivity contribution is 0.0986. The summed E-state index contributed by atoms with van der Waals surface area (Å²) in [6.45, 7) is 4.46. The molecular weight excluding hydrogens is 256 g/mol. The number of alkyl halides is 1. The molecule has 1 aromatic carbocycles. The molecule has 1 aromatic rings. The number of hydrogen-bond donors (Lipinski definition) is 0. The summed E-state index contributed by atoms with van der Waals surface area (Å²) in [6.07, 6.45) is 0.503. The van der Waals surface area contributed by atoms with Gasteiger partial charge >= 0.3 is 0 Å². The smallest absolute Gasteiger partial charge is 0.167 e. The number of hydrogen-bond acceptors (Lipinski definition) is 2. The van der Waals surface area contributed by atoms with Gasteiger partial charge in [-0.1, -0.05) is 28.1 Å². The first kappa shape index (κ1) is 12.2. The molecule has 15 heavy (non-hydrogen) atoms. The molecule has 0 aliphatic rings. The molecule has 0 bridgehead atoms. The van der Waals surface area contributed by atoms with Crippen molar-refractivity contribution < 1.29 is 9.53 Å². The Morgan fingerprint density at radius 2 is 2.20 bits per heavy atom. The van der Waals surface area contributed by atoms with Gasteiger partial charge in [-0.3, -0.25) is 4.79 Å². The van der Waals surface area contributed by atoms with Crippen LogP contribution in [-0.4, -0.2) is 17.7 Å². The van der Waals surface area contributed by atoms with Crippen LogP contribution in [0.3, 0.4) is 0 Å². The molecule has 0 heterocycles. The first-order chi connectivity index (χ1) is 7.20. The lowest BCUT2D eigenvalue weighted by Crippen LogP contribution is -2.05. The largest absolute Gasteiger partial charge is 0.493 e. The lowest BCUT2D eigenvalue weighted by Gasteiger charge is -2.11. The van der Waals surface area contributed by atoms with Gasteiger partial charge < -0.3 is 4.74 Å². The molecule has 3 heteroatoms. The fourth-order valence-electron chi connectivity index (χ4n) is 1.43. The SMILES string of the molecule is CCOc1c(C)cccc1C(=O)CCBr. The molecule has 0 amide bonds. The fourth-order valence-corrected chi connectivity index (χ4v) is 1.79. The third kappa shape index (κ3) is 3.06. The Hall–Kier alpha value is -0.830. The van der Waals surface area contributed by atoms with Gasteiger partial charge in [-0.05, 0) is 25.5 Å². The van der Waals surface area contributed by atoms with Crippen LogP contribution in [0.5, 0.6) is 5.75 Å². The number of ether oxygens (including phenoxy) is 1. The molecule has 1 rings (SSSR count). The zero-order valence-electron chi connectivity index (χ0n) is 9.05. The molecule has 2 nitrogen and oxygen atoms in total. The number of para-hydroxylation sites is 1. The highest BCUT2D eigenvalue weighted by Gasteiger charge is 2.13. The molecule has 0 N–H and O–H groups in total. The summed E-state index contributed by atoms with van der Waals surface area (Å²) in [4.78, 5) is 11.8. The summed E-state index contributed by atoms with van der Waals surface area (Å²) in [6, 6.07) is 5.66. The lowest BCUT2D eigenvalue weighted by atomic mass is 10.0. The van der Waals surface area contributed by atoms with Crippen molar-refractivity contribution in [1.82, 2.24) is 0 Å². The summed E-state index contributed by atoms with van der Waals surface area (Å²) in [5, 5.41) is 0.686. The Morgan fingerprint density at radius 3 is 2.80 bits per heavy atom. The topological polar surface area (TPSA) is 26.3 Å². The zero-order chi connectivity index (χ0) is 11.3. The molecule has 0 aliphatic heterocycles. The van der Waals surface area contributed by atoms with Gasteiger partial charge in [-0.2, -0.15) is 0 Å². The Bertz CT molecular complexity index is 347. The van der Waals surface area contributed by atoms with Crippen LogP contribution >= 0.6 is 15.9 Å². The first-order valence-corrected chi connectivity index (χ1v) is 6.14. The highest BCUT2D eigenvalue weighted by molar-refractivity contribution is 9.09. The van der Waals surface area contributed by atoms with E-state index in [2.05, 4.69) is 15.9 Å². The first-order valence-electron chi connectivity index (χ1n) is 5.02. The third-order valence-electron chi connectivity index (χ3n) is 2.12. The molecule has 0 aliphatic carbocycles. The molecule has 0 fully saturated rings. The second-order valence-corrected chi connectivity index (χ2v) is 4.04. The highest BCUT2D eigenvalue weighted by Crippen LogP contribution is 2.24. The van der Waals surface area contributed by atoms with Crippen molar-refractivity contribution in [1.29, 1.82) is 0 Å². The minimum Gasteiger partial charge on any atom is -0.493 e. The van der Waals surface area contributed by atoms with E-state index in [1.807, 2.05) is 32.0 Å².